The van der Waals surface area contributed by atoms with Crippen molar-refractivity contribution in [3.63, 3.8) is 0 Å². The monoisotopic (exact) mass is 266 g/mol. The summed E-state index contributed by atoms with van der Waals surface area (Å²) in [4.78, 5) is 9.13. The van der Waals surface area contributed by atoms with Gasteiger partial charge in [-0.15, -0.1) is 0 Å². The van der Waals surface area contributed by atoms with Crippen LogP contribution in [0.2, 0.25) is 0 Å². The number of imidazole rings is 1. The first-order chi connectivity index (χ1) is 9.68. The second-order valence-electron chi connectivity index (χ2n) is 5.17. The van der Waals surface area contributed by atoms with E-state index >= 15 is 0 Å². The lowest BCUT2D eigenvalue weighted by atomic mass is 10.1. The highest BCUT2D eigenvalue weighted by Gasteiger charge is 2.20. The molecule has 4 nitrogen and oxygen atoms in total. The van der Waals surface area contributed by atoms with E-state index in [-0.39, 0.29) is 12.1 Å². The zero-order valence-corrected chi connectivity index (χ0v) is 11.7. The van der Waals surface area contributed by atoms with Gasteiger partial charge in [0, 0.05) is 12.2 Å². The van der Waals surface area contributed by atoms with Gasteiger partial charge in [-0.2, -0.15) is 0 Å². The molecular weight excluding hydrogens is 248 g/mol. The summed E-state index contributed by atoms with van der Waals surface area (Å²) in [6, 6.07) is 13.9. The van der Waals surface area contributed by atoms with Gasteiger partial charge < -0.3 is 10.3 Å². The first kappa shape index (κ1) is 12.8. The van der Waals surface area contributed by atoms with Crippen LogP contribution in [-0.2, 0) is 0 Å². The van der Waals surface area contributed by atoms with Crippen molar-refractivity contribution in [1.82, 2.24) is 14.5 Å². The predicted octanol–water partition coefficient (Wildman–Crippen LogP) is 3.06. The lowest BCUT2D eigenvalue weighted by molar-refractivity contribution is 0.563. The molecule has 1 aromatic carbocycles. The Morgan fingerprint density at radius 1 is 1.05 bits per heavy atom. The molecule has 3 rings (SSSR count). The zero-order chi connectivity index (χ0) is 14.1. The van der Waals surface area contributed by atoms with Crippen molar-refractivity contribution >= 4 is 11.2 Å². The van der Waals surface area contributed by atoms with Crippen LogP contribution in [0.3, 0.4) is 0 Å². The molecule has 0 spiro atoms. The lowest BCUT2D eigenvalue weighted by Gasteiger charge is -2.17. The van der Waals surface area contributed by atoms with Gasteiger partial charge in [0.2, 0.25) is 0 Å². The van der Waals surface area contributed by atoms with Gasteiger partial charge in [0.05, 0.1) is 6.04 Å². The Bertz CT molecular complexity index is 716. The van der Waals surface area contributed by atoms with Crippen LogP contribution in [0.25, 0.3) is 11.2 Å². The summed E-state index contributed by atoms with van der Waals surface area (Å²) in [5.41, 5.74) is 9.25. The third-order valence-electron chi connectivity index (χ3n) is 3.43. The largest absolute Gasteiger partial charge is 0.318 e. The van der Waals surface area contributed by atoms with Crippen LogP contribution in [0.5, 0.6) is 0 Å². The van der Waals surface area contributed by atoms with Crippen LogP contribution in [0.15, 0.2) is 48.7 Å². The molecule has 1 unspecified atom stereocenters. The Kier molecular flexibility index (Phi) is 3.24. The van der Waals surface area contributed by atoms with Gasteiger partial charge in [-0.25, -0.2) is 9.97 Å². The Morgan fingerprint density at radius 3 is 2.50 bits per heavy atom. The van der Waals surface area contributed by atoms with E-state index in [0.717, 1.165) is 22.6 Å². The molecule has 0 saturated carbocycles. The van der Waals surface area contributed by atoms with Gasteiger partial charge >= 0.3 is 0 Å². The van der Waals surface area contributed by atoms with Crippen molar-refractivity contribution in [2.75, 3.05) is 0 Å². The highest BCUT2D eigenvalue weighted by Crippen LogP contribution is 2.25. The van der Waals surface area contributed by atoms with E-state index in [0.29, 0.717) is 0 Å². The van der Waals surface area contributed by atoms with E-state index < -0.39 is 0 Å². The van der Waals surface area contributed by atoms with E-state index in [4.69, 9.17) is 5.73 Å². The Morgan fingerprint density at radius 2 is 1.80 bits per heavy atom. The Labute approximate surface area is 118 Å². The molecule has 1 atom stereocenters. The second-order valence-corrected chi connectivity index (χ2v) is 5.17. The molecule has 2 heterocycles. The van der Waals surface area contributed by atoms with Crippen LogP contribution >= 0.6 is 0 Å². The topological polar surface area (TPSA) is 56.7 Å². The molecule has 2 aromatic heterocycles. The van der Waals surface area contributed by atoms with Crippen molar-refractivity contribution in [3.8, 4) is 0 Å². The maximum Gasteiger partial charge on any atom is 0.160 e. The standard InChI is InChI=1S/C16H18N4/c1-11(2)20-15-13(9-6-10-18-15)19-16(20)14(17)12-7-4-3-5-8-12/h3-11,14H,17H2,1-2H3. The van der Waals surface area contributed by atoms with E-state index in [9.17, 15) is 0 Å². The van der Waals surface area contributed by atoms with E-state index in [1.54, 1.807) is 6.20 Å². The maximum absolute atomic E-state index is 6.41. The molecule has 0 bridgehead atoms. The fourth-order valence-electron chi connectivity index (χ4n) is 2.49. The van der Waals surface area contributed by atoms with E-state index in [2.05, 4.69) is 28.4 Å². The first-order valence-electron chi connectivity index (χ1n) is 6.82. The van der Waals surface area contributed by atoms with Crippen molar-refractivity contribution < 1.29 is 0 Å². The quantitative estimate of drug-likeness (QED) is 0.792. The molecule has 20 heavy (non-hydrogen) atoms. The predicted molar refractivity (Wildman–Crippen MR) is 80.4 cm³/mol. The average Bonchev–Trinajstić information content (AvgIpc) is 2.86. The number of nitrogens with zero attached hydrogens (tertiary/aromatic N) is 3. The molecule has 0 aliphatic carbocycles. The zero-order valence-electron chi connectivity index (χ0n) is 11.7. The number of rotatable bonds is 3. The van der Waals surface area contributed by atoms with Crippen molar-refractivity contribution in [2.24, 2.45) is 5.73 Å². The number of pyridine rings is 1. The normalized spacial score (nSPS) is 13.0. The van der Waals surface area contributed by atoms with Crippen LogP contribution < -0.4 is 5.73 Å². The average molecular weight is 266 g/mol. The van der Waals surface area contributed by atoms with Crippen LogP contribution in [0, 0.1) is 0 Å². The number of hydrogen-bond donors (Lipinski definition) is 1. The molecule has 0 aliphatic rings. The van der Waals surface area contributed by atoms with Crippen LogP contribution in [-0.4, -0.2) is 14.5 Å². The van der Waals surface area contributed by atoms with Crippen LogP contribution in [0.4, 0.5) is 0 Å². The molecule has 3 aromatic rings. The third kappa shape index (κ3) is 2.08. The summed E-state index contributed by atoms with van der Waals surface area (Å²) >= 11 is 0. The molecule has 2 N–H and O–H groups in total. The highest BCUT2D eigenvalue weighted by atomic mass is 15.2. The summed E-state index contributed by atoms with van der Waals surface area (Å²) in [5, 5.41) is 0. The minimum Gasteiger partial charge on any atom is -0.318 e. The van der Waals surface area contributed by atoms with Crippen molar-refractivity contribution in [1.29, 1.82) is 0 Å². The van der Waals surface area contributed by atoms with Crippen LogP contribution in [0.1, 0.15) is 37.3 Å². The molecule has 0 radical (unpaired) electrons. The summed E-state index contributed by atoms with van der Waals surface area (Å²) in [5.74, 6) is 0.861. The van der Waals surface area contributed by atoms with E-state index in [1.807, 2.05) is 42.5 Å². The SMILES string of the molecule is CC(C)n1c(C(N)c2ccccc2)nc2cccnc21. The minimum absolute atomic E-state index is 0.243. The molecule has 0 saturated heterocycles. The summed E-state index contributed by atoms with van der Waals surface area (Å²) in [6.07, 6.45) is 1.79. The first-order valence-corrected chi connectivity index (χ1v) is 6.82. The van der Waals surface area contributed by atoms with Gasteiger partial charge in [-0.1, -0.05) is 30.3 Å². The number of aromatic nitrogens is 3. The van der Waals surface area contributed by atoms with E-state index in [1.165, 1.54) is 0 Å². The fraction of sp³-hybridized carbons (Fsp3) is 0.250. The van der Waals surface area contributed by atoms with Crippen molar-refractivity contribution in [2.45, 2.75) is 25.9 Å². The lowest BCUT2D eigenvalue weighted by Crippen LogP contribution is -2.19. The maximum atomic E-state index is 6.41. The molecule has 102 valence electrons. The molecule has 0 fully saturated rings. The Balaban J connectivity index is 2.18. The number of fused-ring (bicyclic) bond motifs is 1. The molecule has 0 amide bonds. The van der Waals surface area contributed by atoms with Gasteiger partial charge in [0.1, 0.15) is 11.3 Å². The molecular formula is C16H18N4. The molecule has 0 aliphatic heterocycles. The third-order valence-corrected chi connectivity index (χ3v) is 3.43. The highest BCUT2D eigenvalue weighted by molar-refractivity contribution is 5.71. The molecule has 4 heteroatoms. The van der Waals surface area contributed by atoms with Gasteiger partial charge in [-0.3, -0.25) is 0 Å². The minimum atomic E-state index is -0.243. The number of hydrogen-bond acceptors (Lipinski definition) is 3. The number of nitrogens with two attached hydrogens (primary N) is 1. The second kappa shape index (κ2) is 5.06. The number of benzene rings is 1. The van der Waals surface area contributed by atoms with Gasteiger partial charge in [-0.05, 0) is 31.5 Å². The summed E-state index contributed by atoms with van der Waals surface area (Å²) in [7, 11) is 0. The van der Waals surface area contributed by atoms with Gasteiger partial charge in [0.25, 0.3) is 0 Å². The fourth-order valence-corrected chi connectivity index (χ4v) is 2.49. The smallest absolute Gasteiger partial charge is 0.160 e. The Hall–Kier alpha value is -2.20. The summed E-state index contributed by atoms with van der Waals surface area (Å²) in [6.45, 7) is 4.24. The summed E-state index contributed by atoms with van der Waals surface area (Å²) < 4.78 is 2.12. The van der Waals surface area contributed by atoms with Crippen molar-refractivity contribution in [3.05, 3.63) is 60.0 Å². The van der Waals surface area contributed by atoms with Gasteiger partial charge in [0.15, 0.2) is 5.65 Å².